The van der Waals surface area contributed by atoms with Crippen LogP contribution in [0.3, 0.4) is 0 Å². The van der Waals surface area contributed by atoms with Crippen molar-refractivity contribution < 1.29 is 5.11 Å². The first-order valence-electron chi connectivity index (χ1n) is 9.73. The molecule has 0 aromatic rings. The van der Waals surface area contributed by atoms with Crippen molar-refractivity contribution >= 4 is 0 Å². The van der Waals surface area contributed by atoms with Crippen LogP contribution in [-0.2, 0) is 0 Å². The highest BCUT2D eigenvalue weighted by Gasteiger charge is 1.94. The molecule has 0 aliphatic carbocycles. The summed E-state index contributed by atoms with van der Waals surface area (Å²) in [5, 5.41) is 12.1. The van der Waals surface area contributed by atoms with Crippen molar-refractivity contribution in [2.24, 2.45) is 0 Å². The van der Waals surface area contributed by atoms with E-state index in [1.54, 1.807) is 0 Å². The van der Waals surface area contributed by atoms with Gasteiger partial charge in [-0.1, -0.05) is 84.0 Å². The Morgan fingerprint density at radius 3 is 1.33 bits per heavy atom. The van der Waals surface area contributed by atoms with Crippen LogP contribution in [0.2, 0.25) is 0 Å². The molecule has 0 aliphatic heterocycles. The van der Waals surface area contributed by atoms with Crippen LogP contribution in [0.4, 0.5) is 0 Å². The van der Waals surface area contributed by atoms with Gasteiger partial charge in [-0.2, -0.15) is 0 Å². The van der Waals surface area contributed by atoms with Crippen LogP contribution >= 0.6 is 0 Å². The fourth-order valence-electron chi connectivity index (χ4n) is 2.75. The van der Waals surface area contributed by atoms with Gasteiger partial charge in [0.25, 0.3) is 0 Å². The van der Waals surface area contributed by atoms with Gasteiger partial charge in [0.2, 0.25) is 0 Å². The lowest BCUT2D eigenvalue weighted by Crippen LogP contribution is -2.16. The molecule has 0 saturated heterocycles. The number of aliphatic hydroxyl groups excluding tert-OH is 1. The van der Waals surface area contributed by atoms with Gasteiger partial charge in [0.05, 0.1) is 0 Å². The topological polar surface area (TPSA) is 32.3 Å². The molecule has 2 N–H and O–H groups in total. The van der Waals surface area contributed by atoms with Crippen LogP contribution in [0.5, 0.6) is 0 Å². The summed E-state index contributed by atoms with van der Waals surface area (Å²) >= 11 is 0. The number of aliphatic hydroxyl groups is 1. The van der Waals surface area contributed by atoms with E-state index in [1.807, 2.05) is 0 Å². The van der Waals surface area contributed by atoms with Crippen LogP contribution in [-0.4, -0.2) is 24.8 Å². The van der Waals surface area contributed by atoms with E-state index in [2.05, 4.69) is 12.2 Å². The zero-order valence-electron chi connectivity index (χ0n) is 14.7. The van der Waals surface area contributed by atoms with Crippen LogP contribution in [0.25, 0.3) is 0 Å². The highest BCUT2D eigenvalue weighted by molar-refractivity contribution is 4.51. The predicted molar refractivity (Wildman–Crippen MR) is 94.9 cm³/mol. The van der Waals surface area contributed by atoms with Gasteiger partial charge in [0.1, 0.15) is 0 Å². The van der Waals surface area contributed by atoms with Crippen molar-refractivity contribution in [3.8, 4) is 0 Å². The SMILES string of the molecule is CCCCCCCCCCCCCCCNCCCCO. The summed E-state index contributed by atoms with van der Waals surface area (Å²) in [5.41, 5.74) is 0. The Morgan fingerprint density at radius 2 is 0.905 bits per heavy atom. The summed E-state index contributed by atoms with van der Waals surface area (Å²) in [5.74, 6) is 0. The molecule has 0 heterocycles. The minimum Gasteiger partial charge on any atom is -0.396 e. The molecule has 2 nitrogen and oxygen atoms in total. The summed E-state index contributed by atoms with van der Waals surface area (Å²) in [6.07, 6.45) is 20.5. The second-order valence-corrected chi connectivity index (χ2v) is 6.42. The number of hydrogen-bond donors (Lipinski definition) is 2. The van der Waals surface area contributed by atoms with Gasteiger partial charge in [-0.3, -0.25) is 0 Å². The predicted octanol–water partition coefficient (Wildman–Crippen LogP) is 5.44. The minimum absolute atomic E-state index is 0.334. The molecule has 0 amide bonds. The molecular weight excluding hydrogens is 258 g/mol. The van der Waals surface area contributed by atoms with E-state index in [1.165, 1.54) is 83.5 Å². The molecule has 0 aromatic heterocycles. The van der Waals surface area contributed by atoms with Gasteiger partial charge in [-0.15, -0.1) is 0 Å². The van der Waals surface area contributed by atoms with Crippen LogP contribution in [0.1, 0.15) is 103 Å². The highest BCUT2D eigenvalue weighted by atomic mass is 16.2. The second kappa shape index (κ2) is 19.9. The smallest absolute Gasteiger partial charge is 0.0431 e. The maximum Gasteiger partial charge on any atom is 0.0431 e. The maximum atomic E-state index is 8.66. The van der Waals surface area contributed by atoms with Gasteiger partial charge >= 0.3 is 0 Å². The van der Waals surface area contributed by atoms with E-state index in [-0.39, 0.29) is 0 Å². The first-order chi connectivity index (χ1) is 10.4. The van der Waals surface area contributed by atoms with E-state index in [0.29, 0.717) is 6.61 Å². The molecule has 128 valence electrons. The third-order valence-electron chi connectivity index (χ3n) is 4.22. The summed E-state index contributed by atoms with van der Waals surface area (Å²) < 4.78 is 0. The number of unbranched alkanes of at least 4 members (excludes halogenated alkanes) is 13. The van der Waals surface area contributed by atoms with Crippen LogP contribution in [0.15, 0.2) is 0 Å². The second-order valence-electron chi connectivity index (χ2n) is 6.42. The summed E-state index contributed by atoms with van der Waals surface area (Å²) in [4.78, 5) is 0. The first kappa shape index (κ1) is 20.9. The van der Waals surface area contributed by atoms with Gasteiger partial charge in [-0.25, -0.2) is 0 Å². The molecule has 0 spiro atoms. The van der Waals surface area contributed by atoms with E-state index in [9.17, 15) is 0 Å². The lowest BCUT2D eigenvalue weighted by Gasteiger charge is -2.04. The normalized spacial score (nSPS) is 11.1. The summed E-state index contributed by atoms with van der Waals surface area (Å²) in [6, 6.07) is 0. The lowest BCUT2D eigenvalue weighted by atomic mass is 10.0. The summed E-state index contributed by atoms with van der Waals surface area (Å²) in [6.45, 7) is 4.84. The molecule has 2 heteroatoms. The average molecular weight is 300 g/mol. The summed E-state index contributed by atoms with van der Waals surface area (Å²) in [7, 11) is 0. The highest BCUT2D eigenvalue weighted by Crippen LogP contribution is 2.12. The Morgan fingerprint density at radius 1 is 0.524 bits per heavy atom. The molecule has 0 atom stereocenters. The molecular formula is C19H41NO. The monoisotopic (exact) mass is 299 g/mol. The van der Waals surface area contributed by atoms with Gasteiger partial charge in [-0.05, 0) is 32.4 Å². The largest absolute Gasteiger partial charge is 0.396 e. The Kier molecular flexibility index (Phi) is 19.8. The zero-order valence-corrected chi connectivity index (χ0v) is 14.7. The molecule has 0 aliphatic rings. The van der Waals surface area contributed by atoms with E-state index < -0.39 is 0 Å². The van der Waals surface area contributed by atoms with Crippen LogP contribution < -0.4 is 5.32 Å². The van der Waals surface area contributed by atoms with Crippen molar-refractivity contribution in [3.63, 3.8) is 0 Å². The van der Waals surface area contributed by atoms with Crippen molar-refractivity contribution in [3.05, 3.63) is 0 Å². The average Bonchev–Trinajstić information content (AvgIpc) is 2.50. The van der Waals surface area contributed by atoms with E-state index in [0.717, 1.165) is 25.9 Å². The Bertz CT molecular complexity index is 155. The zero-order chi connectivity index (χ0) is 15.4. The van der Waals surface area contributed by atoms with Crippen LogP contribution in [0, 0.1) is 0 Å². The number of hydrogen-bond acceptors (Lipinski definition) is 2. The third-order valence-corrected chi connectivity index (χ3v) is 4.22. The lowest BCUT2D eigenvalue weighted by molar-refractivity contribution is 0.283. The maximum absolute atomic E-state index is 8.66. The Hall–Kier alpha value is -0.0800. The first-order valence-corrected chi connectivity index (χ1v) is 9.73. The van der Waals surface area contributed by atoms with Crippen molar-refractivity contribution in [2.45, 2.75) is 103 Å². The van der Waals surface area contributed by atoms with Crippen molar-refractivity contribution in [1.82, 2.24) is 5.32 Å². The molecule has 0 aromatic carbocycles. The quantitative estimate of drug-likeness (QED) is 0.330. The molecule has 0 saturated carbocycles. The molecule has 0 unspecified atom stereocenters. The standard InChI is InChI=1S/C19H41NO/c1-2-3-4-5-6-7-8-9-10-11-12-13-14-17-20-18-15-16-19-21/h20-21H,2-19H2,1H3. The molecule has 0 rings (SSSR count). The Labute approximate surface area is 134 Å². The molecule has 21 heavy (non-hydrogen) atoms. The number of nitrogens with one attached hydrogen (secondary N) is 1. The minimum atomic E-state index is 0.334. The fourth-order valence-corrected chi connectivity index (χ4v) is 2.75. The Balaban J connectivity index is 2.90. The van der Waals surface area contributed by atoms with Gasteiger partial charge in [0, 0.05) is 6.61 Å². The fraction of sp³-hybridized carbons (Fsp3) is 1.00. The van der Waals surface area contributed by atoms with Crippen molar-refractivity contribution in [2.75, 3.05) is 19.7 Å². The third kappa shape index (κ3) is 19.9. The molecule has 0 bridgehead atoms. The molecule has 0 fully saturated rings. The van der Waals surface area contributed by atoms with E-state index in [4.69, 9.17) is 5.11 Å². The van der Waals surface area contributed by atoms with Crippen molar-refractivity contribution in [1.29, 1.82) is 0 Å². The molecule has 0 radical (unpaired) electrons. The number of rotatable bonds is 18. The van der Waals surface area contributed by atoms with E-state index >= 15 is 0 Å². The van der Waals surface area contributed by atoms with Gasteiger partial charge < -0.3 is 10.4 Å². The van der Waals surface area contributed by atoms with Gasteiger partial charge in [0.15, 0.2) is 0 Å².